The molecule has 3 heteroatoms. The van der Waals surface area contributed by atoms with E-state index >= 15 is 0 Å². The van der Waals surface area contributed by atoms with Gasteiger partial charge in [0.05, 0.1) is 6.10 Å². The predicted molar refractivity (Wildman–Crippen MR) is 97.7 cm³/mol. The number of Topliss-reactive ketones (excluding diaryl/α,β-unsaturated/α-hetero) is 1. The third kappa shape index (κ3) is 4.09. The summed E-state index contributed by atoms with van der Waals surface area (Å²) < 4.78 is 19.2. The molecule has 0 heterocycles. The van der Waals surface area contributed by atoms with Crippen molar-refractivity contribution in [1.82, 2.24) is 0 Å². The topological polar surface area (TPSA) is 26.3 Å². The summed E-state index contributed by atoms with van der Waals surface area (Å²) in [6.07, 6.45) is 8.57. The summed E-state index contributed by atoms with van der Waals surface area (Å²) in [4.78, 5) is 12.9. The number of allylic oxidation sites excluding steroid dienone is 3. The molecule has 2 nitrogen and oxygen atoms in total. The van der Waals surface area contributed by atoms with Crippen LogP contribution >= 0.6 is 0 Å². The number of rotatable bonds is 5. The van der Waals surface area contributed by atoms with Gasteiger partial charge in [0.1, 0.15) is 5.82 Å². The normalized spacial score (nSPS) is 28.8. The quantitative estimate of drug-likeness (QED) is 0.722. The highest BCUT2D eigenvalue weighted by atomic mass is 19.1. The van der Waals surface area contributed by atoms with E-state index in [1.165, 1.54) is 12.1 Å². The summed E-state index contributed by atoms with van der Waals surface area (Å²) in [7, 11) is 1.74. The molecule has 0 bridgehead atoms. The largest absolute Gasteiger partial charge is 0.377 e. The van der Waals surface area contributed by atoms with Gasteiger partial charge in [0.25, 0.3) is 0 Å². The van der Waals surface area contributed by atoms with Crippen LogP contribution < -0.4 is 0 Å². The molecule has 2 aliphatic rings. The molecule has 0 aromatic heterocycles. The first-order valence-corrected chi connectivity index (χ1v) is 9.17. The van der Waals surface area contributed by atoms with Crippen LogP contribution in [0, 0.1) is 29.5 Å². The van der Waals surface area contributed by atoms with E-state index in [4.69, 9.17) is 4.74 Å². The predicted octanol–water partition coefficient (Wildman–Crippen LogP) is 4.75. The monoisotopic (exact) mass is 342 g/mol. The molecule has 134 valence electrons. The van der Waals surface area contributed by atoms with E-state index in [1.807, 2.05) is 6.07 Å². The van der Waals surface area contributed by atoms with Crippen molar-refractivity contribution in [3.8, 4) is 0 Å². The van der Waals surface area contributed by atoms with Gasteiger partial charge < -0.3 is 4.74 Å². The van der Waals surface area contributed by atoms with E-state index in [-0.39, 0.29) is 23.6 Å². The van der Waals surface area contributed by atoms with Crippen LogP contribution in [0.5, 0.6) is 0 Å². The van der Waals surface area contributed by atoms with Crippen molar-refractivity contribution in [3.05, 3.63) is 59.4 Å². The van der Waals surface area contributed by atoms with E-state index in [0.29, 0.717) is 30.6 Å². The third-order valence-electron chi connectivity index (χ3n) is 5.42. The Morgan fingerprint density at radius 2 is 2.08 bits per heavy atom. The number of ether oxygens (including phenoxy) is 1. The first-order chi connectivity index (χ1) is 12.0. The van der Waals surface area contributed by atoms with Crippen LogP contribution in [-0.4, -0.2) is 19.0 Å². The Labute approximate surface area is 149 Å². The maximum Gasteiger partial charge on any atom is 0.159 e. The SMILES string of the molecule is CO[C@@H]1C=C[C@H]2C=C(Cc3cccc(F)c3)C(=O)CC(CC(C)C)[C@H]21. The summed E-state index contributed by atoms with van der Waals surface area (Å²) in [6, 6.07) is 6.54. The van der Waals surface area contributed by atoms with E-state index in [0.717, 1.165) is 17.6 Å². The second-order valence-electron chi connectivity index (χ2n) is 7.76. The number of methoxy groups -OCH3 is 1. The molecular weight excluding hydrogens is 315 g/mol. The molecular formula is C22H27FO2. The molecule has 1 unspecified atom stereocenters. The highest BCUT2D eigenvalue weighted by Crippen LogP contribution is 2.42. The lowest BCUT2D eigenvalue weighted by atomic mass is 9.77. The van der Waals surface area contributed by atoms with Gasteiger partial charge in [-0.15, -0.1) is 0 Å². The zero-order valence-corrected chi connectivity index (χ0v) is 15.2. The molecule has 0 radical (unpaired) electrons. The van der Waals surface area contributed by atoms with E-state index < -0.39 is 0 Å². The lowest BCUT2D eigenvalue weighted by molar-refractivity contribution is -0.117. The zero-order valence-electron chi connectivity index (χ0n) is 15.2. The van der Waals surface area contributed by atoms with Gasteiger partial charge >= 0.3 is 0 Å². The van der Waals surface area contributed by atoms with Crippen molar-refractivity contribution in [1.29, 1.82) is 0 Å². The fourth-order valence-electron chi connectivity index (χ4n) is 4.40. The Balaban J connectivity index is 1.88. The summed E-state index contributed by atoms with van der Waals surface area (Å²) in [5.74, 6) is 1.35. The van der Waals surface area contributed by atoms with Crippen LogP contribution in [0.3, 0.4) is 0 Å². The minimum absolute atomic E-state index is 0.0753. The van der Waals surface area contributed by atoms with Crippen molar-refractivity contribution in [3.63, 3.8) is 0 Å². The van der Waals surface area contributed by atoms with E-state index in [9.17, 15) is 9.18 Å². The number of ketones is 1. The molecule has 3 rings (SSSR count). The zero-order chi connectivity index (χ0) is 18.0. The van der Waals surface area contributed by atoms with Gasteiger partial charge in [0.15, 0.2) is 5.78 Å². The van der Waals surface area contributed by atoms with Gasteiger partial charge in [-0.1, -0.05) is 44.2 Å². The number of hydrogen-bond acceptors (Lipinski definition) is 2. The van der Waals surface area contributed by atoms with Crippen LogP contribution in [0.15, 0.2) is 48.1 Å². The second kappa shape index (κ2) is 7.65. The van der Waals surface area contributed by atoms with Crippen molar-refractivity contribution in [2.45, 2.75) is 39.2 Å². The van der Waals surface area contributed by atoms with Crippen molar-refractivity contribution < 1.29 is 13.9 Å². The van der Waals surface area contributed by atoms with Crippen molar-refractivity contribution in [2.75, 3.05) is 7.11 Å². The Kier molecular flexibility index (Phi) is 5.53. The highest BCUT2D eigenvalue weighted by molar-refractivity contribution is 5.96. The molecule has 0 amide bonds. The molecule has 4 atom stereocenters. The average Bonchev–Trinajstić information content (AvgIpc) is 2.90. The second-order valence-corrected chi connectivity index (χ2v) is 7.76. The minimum Gasteiger partial charge on any atom is -0.377 e. The standard InChI is InChI=1S/C22H27FO2/c1-14(2)9-18-13-20(24)17(10-15-5-4-6-19(23)11-15)12-16-7-8-21(25-3)22(16)18/h4-8,11-12,14,16,18,21-22H,9-10,13H2,1-3H3/t16-,18?,21+,22-/m0/s1. The number of hydrogen-bond donors (Lipinski definition) is 0. The lowest BCUT2D eigenvalue weighted by Crippen LogP contribution is -2.30. The average molecular weight is 342 g/mol. The first-order valence-electron chi connectivity index (χ1n) is 9.17. The van der Waals surface area contributed by atoms with Crippen molar-refractivity contribution in [2.24, 2.45) is 23.7 Å². The lowest BCUT2D eigenvalue weighted by Gasteiger charge is -2.30. The van der Waals surface area contributed by atoms with Gasteiger partial charge in [-0.05, 0) is 41.5 Å². The molecule has 1 aromatic rings. The highest BCUT2D eigenvalue weighted by Gasteiger charge is 2.40. The van der Waals surface area contributed by atoms with E-state index in [1.54, 1.807) is 13.2 Å². The van der Waals surface area contributed by atoms with Crippen molar-refractivity contribution >= 4 is 5.78 Å². The van der Waals surface area contributed by atoms with Gasteiger partial charge in [-0.25, -0.2) is 4.39 Å². The van der Waals surface area contributed by atoms with Crippen LogP contribution in [0.1, 0.15) is 32.3 Å². The smallest absolute Gasteiger partial charge is 0.159 e. The summed E-state index contributed by atoms with van der Waals surface area (Å²) in [5, 5.41) is 0. The minimum atomic E-state index is -0.255. The molecule has 0 saturated carbocycles. The molecule has 2 aliphatic carbocycles. The fraction of sp³-hybridized carbons (Fsp3) is 0.500. The van der Waals surface area contributed by atoms with Crippen LogP contribution in [0.25, 0.3) is 0 Å². The maximum absolute atomic E-state index is 13.5. The number of halogens is 1. The summed E-state index contributed by atoms with van der Waals surface area (Å²) in [5.41, 5.74) is 1.66. The molecule has 0 saturated heterocycles. The Hall–Kier alpha value is -1.74. The van der Waals surface area contributed by atoms with Gasteiger partial charge in [-0.2, -0.15) is 0 Å². The summed E-state index contributed by atoms with van der Waals surface area (Å²) in [6.45, 7) is 4.41. The molecule has 25 heavy (non-hydrogen) atoms. The Morgan fingerprint density at radius 3 is 2.76 bits per heavy atom. The number of carbonyl (C=O) groups is 1. The Morgan fingerprint density at radius 1 is 1.28 bits per heavy atom. The summed E-state index contributed by atoms with van der Waals surface area (Å²) >= 11 is 0. The van der Waals surface area contributed by atoms with Crippen LogP contribution in [0.4, 0.5) is 4.39 Å². The van der Waals surface area contributed by atoms with Crippen LogP contribution in [-0.2, 0) is 16.0 Å². The Bertz CT molecular complexity index is 689. The number of fused-ring (bicyclic) bond motifs is 1. The first kappa shape index (κ1) is 18.1. The molecule has 0 N–H and O–H groups in total. The molecule has 1 aromatic carbocycles. The molecule has 0 spiro atoms. The number of benzene rings is 1. The maximum atomic E-state index is 13.5. The van der Waals surface area contributed by atoms with E-state index in [2.05, 4.69) is 32.1 Å². The third-order valence-corrected chi connectivity index (χ3v) is 5.42. The van der Waals surface area contributed by atoms with Crippen LogP contribution in [0.2, 0.25) is 0 Å². The van der Waals surface area contributed by atoms with Gasteiger partial charge in [0.2, 0.25) is 0 Å². The van der Waals surface area contributed by atoms with Gasteiger partial charge in [-0.3, -0.25) is 4.79 Å². The van der Waals surface area contributed by atoms with Gasteiger partial charge in [0, 0.05) is 31.8 Å². The molecule has 0 fully saturated rings. The fourth-order valence-corrected chi connectivity index (χ4v) is 4.40. The molecule has 0 aliphatic heterocycles. The number of carbonyl (C=O) groups excluding carboxylic acids is 1.